The van der Waals surface area contributed by atoms with Crippen molar-refractivity contribution in [3.8, 4) is 11.5 Å². The van der Waals surface area contributed by atoms with Gasteiger partial charge in [-0.05, 0) is 0 Å². The third-order valence-electron chi connectivity index (χ3n) is 3.65. The molecule has 1 amide bonds. The molecule has 0 saturated carbocycles. The maximum absolute atomic E-state index is 12.1. The van der Waals surface area contributed by atoms with Crippen LogP contribution in [0.4, 0.5) is 11.4 Å². The summed E-state index contributed by atoms with van der Waals surface area (Å²) < 4.78 is 22.2. The number of carbonyl (C=O) groups excluding carboxylic acids is 1. The van der Waals surface area contributed by atoms with Gasteiger partial charge in [-0.3, -0.25) is 9.00 Å². The zero-order valence-corrected chi connectivity index (χ0v) is 12.2. The molecule has 1 fully saturated rings. The topological polar surface area (TPSA) is 67.9 Å². The number of amides is 1. The number of carbonyl (C=O) groups is 1. The van der Waals surface area contributed by atoms with Gasteiger partial charge in [0.2, 0.25) is 5.91 Å². The largest absolute Gasteiger partial charge is 0.493 e. The number of nitrogens with one attached hydrogen (secondary N) is 1. The summed E-state index contributed by atoms with van der Waals surface area (Å²) >= 11 is 0. The van der Waals surface area contributed by atoms with Crippen LogP contribution in [0.15, 0.2) is 12.1 Å². The van der Waals surface area contributed by atoms with Gasteiger partial charge in [0.15, 0.2) is 11.5 Å². The van der Waals surface area contributed by atoms with E-state index in [1.54, 1.807) is 20.3 Å². The standard InChI is InChI=1S/C13H16N2O4S/c1-18-11-5-8-9(6-12(11)19-2)15-3-4-20(17)7-10(15)13(16)14-8/h5-6,10H,3-4,7H2,1-2H3,(H,14,16). The zero-order chi connectivity index (χ0) is 14.3. The molecule has 2 unspecified atom stereocenters. The van der Waals surface area contributed by atoms with E-state index in [0.29, 0.717) is 35.2 Å². The maximum Gasteiger partial charge on any atom is 0.248 e. The number of hydrogen-bond acceptors (Lipinski definition) is 5. The first kappa shape index (κ1) is 13.2. The molecule has 0 aromatic heterocycles. The van der Waals surface area contributed by atoms with Crippen molar-refractivity contribution < 1.29 is 18.5 Å². The van der Waals surface area contributed by atoms with Gasteiger partial charge in [-0.15, -0.1) is 0 Å². The van der Waals surface area contributed by atoms with Crippen molar-refractivity contribution in [3.05, 3.63) is 12.1 Å². The monoisotopic (exact) mass is 296 g/mol. The summed E-state index contributed by atoms with van der Waals surface area (Å²) in [4.78, 5) is 14.1. The average molecular weight is 296 g/mol. The highest BCUT2D eigenvalue weighted by atomic mass is 32.2. The van der Waals surface area contributed by atoms with Gasteiger partial charge in [0.25, 0.3) is 0 Å². The van der Waals surface area contributed by atoms with E-state index in [1.165, 1.54) is 0 Å². The van der Waals surface area contributed by atoms with Crippen LogP contribution < -0.4 is 19.7 Å². The third kappa shape index (κ3) is 2.02. The molecule has 1 aromatic carbocycles. The first-order valence-corrected chi connectivity index (χ1v) is 7.81. The van der Waals surface area contributed by atoms with Gasteiger partial charge >= 0.3 is 0 Å². The molecule has 6 nitrogen and oxygen atoms in total. The average Bonchev–Trinajstić information content (AvgIpc) is 2.46. The number of benzene rings is 1. The molecular formula is C13H16N2O4S. The lowest BCUT2D eigenvalue weighted by Crippen LogP contribution is -2.55. The van der Waals surface area contributed by atoms with Gasteiger partial charge < -0.3 is 19.7 Å². The molecule has 0 bridgehead atoms. The van der Waals surface area contributed by atoms with E-state index in [1.807, 2.05) is 11.0 Å². The Morgan fingerprint density at radius 1 is 1.30 bits per heavy atom. The first-order chi connectivity index (χ1) is 9.63. The molecule has 3 rings (SSSR count). The number of nitrogens with zero attached hydrogens (tertiary/aromatic N) is 1. The van der Waals surface area contributed by atoms with Crippen molar-refractivity contribution in [2.45, 2.75) is 6.04 Å². The number of ether oxygens (including phenoxy) is 2. The molecule has 0 aliphatic carbocycles. The second-order valence-corrected chi connectivity index (χ2v) is 6.35. The van der Waals surface area contributed by atoms with E-state index in [9.17, 15) is 9.00 Å². The van der Waals surface area contributed by atoms with Crippen LogP contribution in [0, 0.1) is 0 Å². The molecule has 0 spiro atoms. The molecule has 2 aliphatic rings. The van der Waals surface area contributed by atoms with Gasteiger partial charge in [-0.1, -0.05) is 0 Å². The maximum atomic E-state index is 12.1. The van der Waals surface area contributed by atoms with Crippen LogP contribution in [0.1, 0.15) is 0 Å². The Labute approximate surface area is 119 Å². The Morgan fingerprint density at radius 3 is 2.70 bits per heavy atom. The van der Waals surface area contributed by atoms with Gasteiger partial charge in [0.05, 0.1) is 31.3 Å². The van der Waals surface area contributed by atoms with E-state index in [-0.39, 0.29) is 11.9 Å². The fourth-order valence-electron chi connectivity index (χ4n) is 2.63. The van der Waals surface area contributed by atoms with Gasteiger partial charge in [0.1, 0.15) is 6.04 Å². The summed E-state index contributed by atoms with van der Waals surface area (Å²) in [6.45, 7) is 0.604. The van der Waals surface area contributed by atoms with E-state index in [4.69, 9.17) is 9.47 Å². The highest BCUT2D eigenvalue weighted by Gasteiger charge is 2.37. The molecule has 2 aliphatic heterocycles. The predicted octanol–water partition coefficient (Wildman–Crippen LogP) is 0.593. The molecule has 1 saturated heterocycles. The van der Waals surface area contributed by atoms with Crippen molar-refractivity contribution in [3.63, 3.8) is 0 Å². The first-order valence-electron chi connectivity index (χ1n) is 6.32. The fourth-order valence-corrected chi connectivity index (χ4v) is 3.88. The molecular weight excluding hydrogens is 280 g/mol. The Kier molecular flexibility index (Phi) is 3.29. The van der Waals surface area contributed by atoms with Crippen molar-refractivity contribution in [1.29, 1.82) is 0 Å². The number of fused-ring (bicyclic) bond motifs is 3. The highest BCUT2D eigenvalue weighted by Crippen LogP contribution is 2.41. The van der Waals surface area contributed by atoms with Crippen molar-refractivity contribution >= 4 is 28.1 Å². The van der Waals surface area contributed by atoms with E-state index >= 15 is 0 Å². The second kappa shape index (κ2) is 4.97. The Hall–Kier alpha value is -1.76. The lowest BCUT2D eigenvalue weighted by Gasteiger charge is -2.40. The van der Waals surface area contributed by atoms with Crippen LogP contribution >= 0.6 is 0 Å². The summed E-state index contributed by atoms with van der Waals surface area (Å²) in [5.74, 6) is 2.04. The Morgan fingerprint density at radius 2 is 2.00 bits per heavy atom. The van der Waals surface area contributed by atoms with Crippen LogP contribution in [0.2, 0.25) is 0 Å². The zero-order valence-electron chi connectivity index (χ0n) is 11.3. The Balaban J connectivity index is 2.07. The molecule has 108 valence electrons. The van der Waals surface area contributed by atoms with Crippen molar-refractivity contribution in [1.82, 2.24) is 0 Å². The minimum absolute atomic E-state index is 0.113. The molecule has 20 heavy (non-hydrogen) atoms. The lowest BCUT2D eigenvalue weighted by atomic mass is 10.1. The van der Waals surface area contributed by atoms with Crippen molar-refractivity contribution in [2.75, 3.05) is 42.5 Å². The van der Waals surface area contributed by atoms with Crippen LogP contribution in [-0.4, -0.2) is 48.4 Å². The normalized spacial score (nSPS) is 24.5. The van der Waals surface area contributed by atoms with Gasteiger partial charge in [0, 0.05) is 35.2 Å². The summed E-state index contributed by atoms with van der Waals surface area (Å²) in [5, 5.41) is 2.86. The summed E-state index contributed by atoms with van der Waals surface area (Å²) in [6, 6.07) is 3.25. The molecule has 0 radical (unpaired) electrons. The number of anilines is 2. The smallest absolute Gasteiger partial charge is 0.248 e. The number of rotatable bonds is 2. The third-order valence-corrected chi connectivity index (χ3v) is 4.98. The van der Waals surface area contributed by atoms with Crippen molar-refractivity contribution in [2.24, 2.45) is 0 Å². The summed E-state index contributed by atoms with van der Waals surface area (Å²) in [7, 11) is 2.21. The minimum atomic E-state index is -0.928. The van der Waals surface area contributed by atoms with E-state index < -0.39 is 10.8 Å². The molecule has 2 heterocycles. The van der Waals surface area contributed by atoms with Gasteiger partial charge in [-0.2, -0.15) is 0 Å². The highest BCUT2D eigenvalue weighted by molar-refractivity contribution is 7.85. The van der Waals surface area contributed by atoms with Gasteiger partial charge in [-0.25, -0.2) is 0 Å². The molecule has 1 N–H and O–H groups in total. The quantitative estimate of drug-likeness (QED) is 0.865. The lowest BCUT2D eigenvalue weighted by molar-refractivity contribution is -0.117. The molecule has 2 atom stereocenters. The van der Waals surface area contributed by atoms with E-state index in [2.05, 4.69) is 5.32 Å². The molecule has 1 aromatic rings. The minimum Gasteiger partial charge on any atom is -0.493 e. The Bertz CT molecular complexity index is 590. The number of hydrogen-bond donors (Lipinski definition) is 1. The second-order valence-electron chi connectivity index (χ2n) is 4.73. The van der Waals surface area contributed by atoms with Crippen LogP contribution in [0.25, 0.3) is 0 Å². The summed E-state index contributed by atoms with van der Waals surface area (Å²) in [5.41, 5.74) is 1.60. The van der Waals surface area contributed by atoms with Crippen LogP contribution in [0.5, 0.6) is 11.5 Å². The summed E-state index contributed by atoms with van der Waals surface area (Å²) in [6.07, 6.45) is 0. The van der Waals surface area contributed by atoms with Crippen LogP contribution in [0.3, 0.4) is 0 Å². The van der Waals surface area contributed by atoms with Crippen LogP contribution in [-0.2, 0) is 15.6 Å². The number of methoxy groups -OCH3 is 2. The van der Waals surface area contributed by atoms with E-state index in [0.717, 1.165) is 5.69 Å². The predicted molar refractivity (Wildman–Crippen MR) is 77.2 cm³/mol. The fraction of sp³-hybridized carbons (Fsp3) is 0.462. The SMILES string of the molecule is COc1cc2c(cc1OC)N1CCS(=O)CC1C(=O)N2. The molecule has 7 heteroatoms.